The van der Waals surface area contributed by atoms with Crippen molar-refractivity contribution in [3.05, 3.63) is 47.7 Å². The SMILES string of the molecule is COc1cccc(CC2(C(=O)NC3CCOCC3)CN(c3ccc(C)nn3)C2)c1. The molecule has 0 bridgehead atoms. The lowest BCUT2D eigenvalue weighted by Crippen LogP contribution is -2.65. The van der Waals surface area contributed by atoms with Crippen LogP contribution in [-0.4, -0.2) is 55.6 Å². The number of carbonyl (C=O) groups is 1. The molecular formula is C22H28N4O3. The summed E-state index contributed by atoms with van der Waals surface area (Å²) >= 11 is 0. The molecule has 2 saturated heterocycles. The van der Waals surface area contributed by atoms with E-state index < -0.39 is 5.41 Å². The zero-order valence-electron chi connectivity index (χ0n) is 17.1. The topological polar surface area (TPSA) is 76.6 Å². The predicted molar refractivity (Wildman–Crippen MR) is 110 cm³/mol. The molecule has 0 aliphatic carbocycles. The van der Waals surface area contributed by atoms with E-state index in [-0.39, 0.29) is 11.9 Å². The van der Waals surface area contributed by atoms with Gasteiger partial charge < -0.3 is 19.7 Å². The molecule has 0 saturated carbocycles. The molecule has 2 aliphatic rings. The lowest BCUT2D eigenvalue weighted by Gasteiger charge is -2.50. The van der Waals surface area contributed by atoms with Gasteiger partial charge in [-0.25, -0.2) is 0 Å². The summed E-state index contributed by atoms with van der Waals surface area (Å²) in [5.41, 5.74) is 1.49. The average molecular weight is 396 g/mol. The molecule has 0 unspecified atom stereocenters. The first-order chi connectivity index (χ1) is 14.1. The number of aryl methyl sites for hydroxylation is 1. The fourth-order valence-corrected chi connectivity index (χ4v) is 4.10. The molecule has 1 amide bonds. The summed E-state index contributed by atoms with van der Waals surface area (Å²) in [6, 6.07) is 12.1. The molecule has 4 rings (SSSR count). The van der Waals surface area contributed by atoms with Crippen LogP contribution in [0.3, 0.4) is 0 Å². The lowest BCUT2D eigenvalue weighted by molar-refractivity contribution is -0.134. The standard InChI is InChI=1S/C22H28N4O3/c1-16-6-7-20(25-24-16)26-14-22(15-26,13-17-4-3-5-19(12-17)28-2)21(27)23-18-8-10-29-11-9-18/h3-7,12,18H,8-11,13-15H2,1-2H3,(H,23,27). The Morgan fingerprint density at radius 3 is 2.72 bits per heavy atom. The smallest absolute Gasteiger partial charge is 0.230 e. The Balaban J connectivity index is 1.52. The maximum absolute atomic E-state index is 13.4. The molecule has 2 aliphatic heterocycles. The quantitative estimate of drug-likeness (QED) is 0.806. The minimum absolute atomic E-state index is 0.114. The van der Waals surface area contributed by atoms with Crippen molar-refractivity contribution in [2.24, 2.45) is 5.41 Å². The highest BCUT2D eigenvalue weighted by atomic mass is 16.5. The highest BCUT2D eigenvalue weighted by Gasteiger charge is 2.50. The molecule has 1 aromatic heterocycles. The zero-order valence-corrected chi connectivity index (χ0v) is 17.1. The van der Waals surface area contributed by atoms with Crippen LogP contribution in [0.25, 0.3) is 0 Å². The Morgan fingerprint density at radius 2 is 2.03 bits per heavy atom. The third-order valence-electron chi connectivity index (χ3n) is 5.81. The van der Waals surface area contributed by atoms with Crippen molar-refractivity contribution < 1.29 is 14.3 Å². The van der Waals surface area contributed by atoms with E-state index in [1.807, 2.05) is 37.3 Å². The van der Waals surface area contributed by atoms with Gasteiger partial charge in [-0.1, -0.05) is 12.1 Å². The Bertz CT molecular complexity index is 843. The number of carbonyl (C=O) groups excluding carboxylic acids is 1. The minimum atomic E-state index is -0.489. The number of hydrogen-bond donors (Lipinski definition) is 1. The van der Waals surface area contributed by atoms with E-state index in [9.17, 15) is 4.79 Å². The van der Waals surface area contributed by atoms with Gasteiger partial charge in [0.15, 0.2) is 5.82 Å². The van der Waals surface area contributed by atoms with Gasteiger partial charge >= 0.3 is 0 Å². The van der Waals surface area contributed by atoms with Crippen LogP contribution < -0.4 is 15.0 Å². The first-order valence-corrected chi connectivity index (χ1v) is 10.1. The monoisotopic (exact) mass is 396 g/mol. The normalized spacial score (nSPS) is 18.8. The highest BCUT2D eigenvalue weighted by molar-refractivity contribution is 5.86. The maximum atomic E-state index is 13.4. The highest BCUT2D eigenvalue weighted by Crippen LogP contribution is 2.38. The van der Waals surface area contributed by atoms with Crippen molar-refractivity contribution in [1.29, 1.82) is 0 Å². The van der Waals surface area contributed by atoms with E-state index in [4.69, 9.17) is 9.47 Å². The Labute approximate surface area is 171 Å². The molecular weight excluding hydrogens is 368 g/mol. The summed E-state index contributed by atoms with van der Waals surface area (Å²) < 4.78 is 10.8. The molecule has 0 radical (unpaired) electrons. The fraction of sp³-hybridized carbons (Fsp3) is 0.500. The molecule has 0 spiro atoms. The number of benzene rings is 1. The van der Waals surface area contributed by atoms with Gasteiger partial charge in [-0.3, -0.25) is 4.79 Å². The van der Waals surface area contributed by atoms with Crippen molar-refractivity contribution >= 4 is 11.7 Å². The number of nitrogens with one attached hydrogen (secondary N) is 1. The molecule has 1 N–H and O–H groups in total. The summed E-state index contributed by atoms with van der Waals surface area (Å²) in [5.74, 6) is 1.74. The number of ether oxygens (including phenoxy) is 2. The van der Waals surface area contributed by atoms with Gasteiger partial charge in [0, 0.05) is 32.3 Å². The minimum Gasteiger partial charge on any atom is -0.497 e. The van der Waals surface area contributed by atoms with Crippen molar-refractivity contribution in [2.45, 2.75) is 32.2 Å². The number of methoxy groups -OCH3 is 1. The van der Waals surface area contributed by atoms with Crippen molar-refractivity contribution in [2.75, 3.05) is 38.3 Å². The zero-order chi connectivity index (χ0) is 20.3. The van der Waals surface area contributed by atoms with Gasteiger partial charge in [0.05, 0.1) is 18.2 Å². The number of nitrogens with zero attached hydrogens (tertiary/aromatic N) is 3. The Hall–Kier alpha value is -2.67. The van der Waals surface area contributed by atoms with Crippen LogP contribution in [0.5, 0.6) is 5.75 Å². The summed E-state index contributed by atoms with van der Waals surface area (Å²) in [5, 5.41) is 11.7. The van der Waals surface area contributed by atoms with Crippen LogP contribution in [0.15, 0.2) is 36.4 Å². The molecule has 3 heterocycles. The second-order valence-corrected chi connectivity index (χ2v) is 8.06. The van der Waals surface area contributed by atoms with Crippen LogP contribution in [0.4, 0.5) is 5.82 Å². The summed E-state index contributed by atoms with van der Waals surface area (Å²) in [7, 11) is 1.66. The average Bonchev–Trinajstić information content (AvgIpc) is 2.72. The van der Waals surface area contributed by atoms with Crippen LogP contribution in [-0.2, 0) is 16.0 Å². The largest absolute Gasteiger partial charge is 0.497 e. The van der Waals surface area contributed by atoms with Gasteiger partial charge in [0.25, 0.3) is 0 Å². The van der Waals surface area contributed by atoms with Gasteiger partial charge in [-0.15, -0.1) is 5.10 Å². The third kappa shape index (κ3) is 4.34. The Kier molecular flexibility index (Phi) is 5.67. The third-order valence-corrected chi connectivity index (χ3v) is 5.81. The van der Waals surface area contributed by atoms with E-state index in [1.54, 1.807) is 7.11 Å². The number of aromatic nitrogens is 2. The molecule has 154 valence electrons. The van der Waals surface area contributed by atoms with Crippen LogP contribution in [0.1, 0.15) is 24.1 Å². The van der Waals surface area contributed by atoms with Gasteiger partial charge in [-0.2, -0.15) is 5.10 Å². The molecule has 0 atom stereocenters. The summed E-state index contributed by atoms with van der Waals surface area (Å²) in [4.78, 5) is 15.5. The number of rotatable bonds is 6. The molecule has 7 heteroatoms. The van der Waals surface area contributed by atoms with Crippen LogP contribution >= 0.6 is 0 Å². The summed E-state index contributed by atoms with van der Waals surface area (Å²) in [6.07, 6.45) is 2.40. The van der Waals surface area contributed by atoms with E-state index in [0.29, 0.717) is 32.7 Å². The van der Waals surface area contributed by atoms with Gasteiger partial charge in [0.2, 0.25) is 5.91 Å². The number of hydrogen-bond acceptors (Lipinski definition) is 6. The second kappa shape index (κ2) is 8.37. The molecule has 2 fully saturated rings. The first-order valence-electron chi connectivity index (χ1n) is 10.1. The van der Waals surface area contributed by atoms with Crippen LogP contribution in [0, 0.1) is 12.3 Å². The van der Waals surface area contributed by atoms with Crippen molar-refractivity contribution in [1.82, 2.24) is 15.5 Å². The maximum Gasteiger partial charge on any atom is 0.230 e. The van der Waals surface area contributed by atoms with E-state index in [2.05, 4.69) is 26.5 Å². The first kappa shape index (κ1) is 19.6. The van der Waals surface area contributed by atoms with E-state index >= 15 is 0 Å². The second-order valence-electron chi connectivity index (χ2n) is 8.06. The van der Waals surface area contributed by atoms with Crippen LogP contribution in [0.2, 0.25) is 0 Å². The summed E-state index contributed by atoms with van der Waals surface area (Å²) in [6.45, 7) is 4.58. The van der Waals surface area contributed by atoms with Crippen molar-refractivity contribution in [3.8, 4) is 5.75 Å². The molecule has 29 heavy (non-hydrogen) atoms. The van der Waals surface area contributed by atoms with E-state index in [1.165, 1.54) is 0 Å². The number of amides is 1. The molecule has 1 aromatic carbocycles. The molecule has 7 nitrogen and oxygen atoms in total. The lowest BCUT2D eigenvalue weighted by atomic mass is 9.73. The Morgan fingerprint density at radius 1 is 1.24 bits per heavy atom. The predicted octanol–water partition coefficient (Wildman–Crippen LogP) is 2.14. The fourth-order valence-electron chi connectivity index (χ4n) is 4.10. The van der Waals surface area contributed by atoms with Gasteiger partial charge in [-0.05, 0) is 56.0 Å². The van der Waals surface area contributed by atoms with Gasteiger partial charge in [0.1, 0.15) is 5.75 Å². The number of anilines is 1. The van der Waals surface area contributed by atoms with Crippen molar-refractivity contribution in [3.63, 3.8) is 0 Å². The van der Waals surface area contributed by atoms with E-state index in [0.717, 1.165) is 35.7 Å². The molecule has 2 aromatic rings.